The Hall–Kier alpha value is -3.41. The molecule has 5 N–H and O–H groups in total. The second-order valence-electron chi connectivity index (χ2n) is 6.27. The van der Waals surface area contributed by atoms with Crippen molar-refractivity contribution in [3.8, 4) is 5.75 Å². The first kappa shape index (κ1) is 18.4. The maximum absolute atomic E-state index is 10.8. The number of hydrogen-bond donors (Lipinski definition) is 4. The molecule has 2 heterocycles. The van der Waals surface area contributed by atoms with Crippen molar-refractivity contribution in [2.45, 2.75) is 13.3 Å². The van der Waals surface area contributed by atoms with Crippen molar-refractivity contribution in [3.05, 3.63) is 60.3 Å². The zero-order chi connectivity index (χ0) is 19.2. The Morgan fingerprint density at radius 2 is 1.96 bits per heavy atom. The van der Waals surface area contributed by atoms with Gasteiger partial charge in [0, 0.05) is 41.5 Å². The van der Waals surface area contributed by atoms with Crippen LogP contribution in [-0.4, -0.2) is 29.5 Å². The molecule has 0 aliphatic rings. The smallest absolute Gasteiger partial charge is 0.216 e. The number of hydrogen-bond acceptors (Lipinski definition) is 3. The summed E-state index contributed by atoms with van der Waals surface area (Å²) >= 11 is 0. The lowest BCUT2D eigenvalue weighted by Crippen LogP contribution is -2.22. The van der Waals surface area contributed by atoms with Crippen LogP contribution in [0.3, 0.4) is 0 Å². The number of carbonyl (C=O) groups is 1. The molecule has 1 amide bonds. The molecule has 140 valence electrons. The van der Waals surface area contributed by atoms with Crippen LogP contribution < -0.4 is 15.8 Å². The molecule has 2 aromatic carbocycles. The fourth-order valence-corrected chi connectivity index (χ4v) is 2.96. The van der Waals surface area contributed by atoms with Gasteiger partial charge in [0.1, 0.15) is 11.6 Å². The minimum Gasteiger partial charge on any atom is -0.497 e. The summed E-state index contributed by atoms with van der Waals surface area (Å²) in [5.41, 5.74) is 8.91. The number of benzene rings is 2. The number of nitrogen functional groups attached to an aromatic ring is 1. The van der Waals surface area contributed by atoms with E-state index < -0.39 is 0 Å². The molecule has 6 heteroatoms. The van der Waals surface area contributed by atoms with Crippen LogP contribution in [0.25, 0.3) is 21.8 Å². The SMILES string of the molecule is COc1ccc2[nH]cc(CCNC(C)=O)c2c1.Nc1cc2ccccc2[nH]1. The van der Waals surface area contributed by atoms with E-state index >= 15 is 0 Å². The number of methoxy groups -OCH3 is 1. The number of rotatable bonds is 4. The quantitative estimate of drug-likeness (QED) is 0.445. The standard InChI is InChI=1S/C13H16N2O2.C8H8N2/c1-9(16)14-6-5-10-8-15-13-4-3-11(17-2)7-12(10)13;9-8-5-6-3-1-2-4-7(6)10-8/h3-4,7-8,15H,5-6H2,1-2H3,(H,14,16);1-5,10H,9H2. The van der Waals surface area contributed by atoms with E-state index in [2.05, 4.69) is 15.3 Å². The summed E-state index contributed by atoms with van der Waals surface area (Å²) in [7, 11) is 1.66. The highest BCUT2D eigenvalue weighted by Gasteiger charge is 2.05. The Morgan fingerprint density at radius 1 is 1.15 bits per heavy atom. The number of ether oxygens (including phenoxy) is 1. The zero-order valence-corrected chi connectivity index (χ0v) is 15.5. The van der Waals surface area contributed by atoms with Gasteiger partial charge in [0.05, 0.1) is 7.11 Å². The van der Waals surface area contributed by atoms with Gasteiger partial charge in [-0.2, -0.15) is 0 Å². The number of anilines is 1. The predicted octanol–water partition coefficient (Wildman–Crippen LogP) is 3.61. The van der Waals surface area contributed by atoms with Crippen molar-refractivity contribution < 1.29 is 9.53 Å². The van der Waals surface area contributed by atoms with Crippen LogP contribution in [0, 0.1) is 0 Å². The molecule has 6 nitrogen and oxygen atoms in total. The molecule has 0 spiro atoms. The number of aromatic nitrogens is 2. The van der Waals surface area contributed by atoms with Gasteiger partial charge in [0.25, 0.3) is 0 Å². The molecular formula is C21H24N4O2. The number of nitrogens with two attached hydrogens (primary N) is 1. The molecule has 0 aliphatic carbocycles. The maximum Gasteiger partial charge on any atom is 0.216 e. The fraction of sp³-hybridized carbons (Fsp3) is 0.190. The number of fused-ring (bicyclic) bond motifs is 2. The minimum absolute atomic E-state index is 0.00224. The highest BCUT2D eigenvalue weighted by molar-refractivity contribution is 5.85. The Morgan fingerprint density at radius 3 is 2.70 bits per heavy atom. The van der Waals surface area contributed by atoms with Crippen LogP contribution in [0.5, 0.6) is 5.75 Å². The number of carbonyl (C=O) groups excluding carboxylic acids is 1. The van der Waals surface area contributed by atoms with Crippen LogP contribution in [-0.2, 0) is 11.2 Å². The van der Waals surface area contributed by atoms with E-state index in [1.54, 1.807) is 7.11 Å². The summed E-state index contributed by atoms with van der Waals surface area (Å²) in [6, 6.07) is 15.9. The van der Waals surface area contributed by atoms with Gasteiger partial charge >= 0.3 is 0 Å². The molecular weight excluding hydrogens is 340 g/mol. The van der Waals surface area contributed by atoms with E-state index in [1.165, 1.54) is 17.9 Å². The van der Waals surface area contributed by atoms with Gasteiger partial charge in [-0.15, -0.1) is 0 Å². The number of para-hydroxylation sites is 1. The van der Waals surface area contributed by atoms with Crippen LogP contribution in [0.4, 0.5) is 5.82 Å². The van der Waals surface area contributed by atoms with Crippen molar-refractivity contribution in [1.29, 1.82) is 0 Å². The summed E-state index contributed by atoms with van der Waals surface area (Å²) in [4.78, 5) is 17.0. The monoisotopic (exact) mass is 364 g/mol. The maximum atomic E-state index is 10.8. The highest BCUT2D eigenvalue weighted by atomic mass is 16.5. The van der Waals surface area contributed by atoms with E-state index in [0.717, 1.165) is 34.4 Å². The Balaban J connectivity index is 0.000000177. The third kappa shape index (κ3) is 4.61. The number of amides is 1. The predicted molar refractivity (Wildman–Crippen MR) is 110 cm³/mol. The minimum atomic E-state index is 0.00224. The molecule has 0 saturated heterocycles. The van der Waals surface area contributed by atoms with Crippen LogP contribution in [0.2, 0.25) is 0 Å². The van der Waals surface area contributed by atoms with Crippen molar-refractivity contribution >= 4 is 33.5 Å². The van der Waals surface area contributed by atoms with E-state index in [9.17, 15) is 4.79 Å². The molecule has 4 rings (SSSR count). The van der Waals surface area contributed by atoms with E-state index in [1.807, 2.05) is 54.7 Å². The van der Waals surface area contributed by atoms with Gasteiger partial charge < -0.3 is 25.8 Å². The summed E-state index contributed by atoms with van der Waals surface area (Å²) < 4.78 is 5.21. The van der Waals surface area contributed by atoms with Crippen molar-refractivity contribution in [2.75, 3.05) is 19.4 Å². The molecule has 0 saturated carbocycles. The van der Waals surface area contributed by atoms with Gasteiger partial charge in [-0.25, -0.2) is 0 Å². The van der Waals surface area contributed by atoms with Gasteiger partial charge in [0.2, 0.25) is 5.91 Å². The van der Waals surface area contributed by atoms with Crippen molar-refractivity contribution in [2.24, 2.45) is 0 Å². The zero-order valence-electron chi connectivity index (χ0n) is 15.5. The lowest BCUT2D eigenvalue weighted by atomic mass is 10.1. The van der Waals surface area contributed by atoms with Crippen LogP contribution in [0.15, 0.2) is 54.7 Å². The Labute approximate surface area is 157 Å². The molecule has 4 aromatic rings. The normalized spacial score (nSPS) is 10.4. The summed E-state index contributed by atoms with van der Waals surface area (Å²) in [5, 5.41) is 5.11. The Kier molecular flexibility index (Phi) is 5.66. The molecule has 0 fully saturated rings. The number of aromatic amines is 2. The van der Waals surface area contributed by atoms with Gasteiger partial charge in [-0.05, 0) is 42.3 Å². The highest BCUT2D eigenvalue weighted by Crippen LogP contribution is 2.23. The molecule has 27 heavy (non-hydrogen) atoms. The second-order valence-corrected chi connectivity index (χ2v) is 6.27. The van der Waals surface area contributed by atoms with Crippen molar-refractivity contribution in [3.63, 3.8) is 0 Å². The first-order valence-corrected chi connectivity index (χ1v) is 8.78. The number of nitrogens with one attached hydrogen (secondary N) is 3. The molecule has 0 atom stereocenters. The third-order valence-electron chi connectivity index (χ3n) is 4.29. The average Bonchev–Trinajstić information content (AvgIpc) is 3.23. The summed E-state index contributed by atoms with van der Waals surface area (Å²) in [6.45, 7) is 2.18. The summed E-state index contributed by atoms with van der Waals surface area (Å²) in [5.74, 6) is 1.57. The van der Waals surface area contributed by atoms with Crippen molar-refractivity contribution in [1.82, 2.24) is 15.3 Å². The molecule has 0 unspecified atom stereocenters. The first-order chi connectivity index (χ1) is 13.1. The van der Waals surface area contributed by atoms with Gasteiger partial charge in [-0.1, -0.05) is 18.2 Å². The second kappa shape index (κ2) is 8.31. The van der Waals surface area contributed by atoms with Gasteiger partial charge in [-0.3, -0.25) is 4.79 Å². The average molecular weight is 364 g/mol. The lowest BCUT2D eigenvalue weighted by Gasteiger charge is -2.03. The number of H-pyrrole nitrogens is 2. The van der Waals surface area contributed by atoms with Crippen LogP contribution in [0.1, 0.15) is 12.5 Å². The van der Waals surface area contributed by atoms with E-state index in [0.29, 0.717) is 6.54 Å². The molecule has 2 aromatic heterocycles. The first-order valence-electron chi connectivity index (χ1n) is 8.78. The van der Waals surface area contributed by atoms with Crippen LogP contribution >= 0.6 is 0 Å². The topological polar surface area (TPSA) is 95.9 Å². The summed E-state index contributed by atoms with van der Waals surface area (Å²) in [6.07, 6.45) is 2.79. The molecule has 0 aliphatic heterocycles. The fourth-order valence-electron chi connectivity index (χ4n) is 2.96. The van der Waals surface area contributed by atoms with E-state index in [4.69, 9.17) is 10.5 Å². The third-order valence-corrected chi connectivity index (χ3v) is 4.29. The molecule has 0 radical (unpaired) electrons. The Bertz CT molecular complexity index is 1020. The largest absolute Gasteiger partial charge is 0.497 e. The van der Waals surface area contributed by atoms with E-state index in [-0.39, 0.29) is 5.91 Å². The molecule has 0 bridgehead atoms. The van der Waals surface area contributed by atoms with Gasteiger partial charge in [0.15, 0.2) is 0 Å². The lowest BCUT2D eigenvalue weighted by molar-refractivity contribution is -0.118.